The van der Waals surface area contributed by atoms with Crippen LogP contribution in [0.15, 0.2) is 24.4 Å². The lowest BCUT2D eigenvalue weighted by Gasteiger charge is -2.19. The Morgan fingerprint density at radius 3 is 2.68 bits per heavy atom. The van der Waals surface area contributed by atoms with Crippen molar-refractivity contribution in [1.29, 1.82) is 0 Å². The van der Waals surface area contributed by atoms with Gasteiger partial charge in [-0.2, -0.15) is 5.10 Å². The highest BCUT2D eigenvalue weighted by atomic mass is 35.5. The molecule has 0 aliphatic rings. The van der Waals surface area contributed by atoms with Gasteiger partial charge in [0.2, 0.25) is 0 Å². The van der Waals surface area contributed by atoms with Crippen molar-refractivity contribution in [3.8, 4) is 5.75 Å². The quantitative estimate of drug-likeness (QED) is 0.579. The lowest BCUT2D eigenvalue weighted by molar-refractivity contribution is 0.404. The van der Waals surface area contributed by atoms with Gasteiger partial charge in [-0.25, -0.2) is 5.43 Å². The van der Waals surface area contributed by atoms with Crippen LogP contribution in [-0.4, -0.2) is 16.9 Å². The largest absolute Gasteiger partial charge is 0.496 e. The summed E-state index contributed by atoms with van der Waals surface area (Å²) in [5, 5.41) is 4.71. The molecule has 0 amide bonds. The highest BCUT2D eigenvalue weighted by Crippen LogP contribution is 2.33. The molecule has 0 spiro atoms. The normalized spacial score (nSPS) is 12.4. The smallest absolute Gasteiger partial charge is 0.126 e. The molecule has 0 saturated heterocycles. The van der Waals surface area contributed by atoms with Gasteiger partial charge in [-0.05, 0) is 18.2 Å². The number of nitrogens with two attached hydrogens (primary N) is 2. The summed E-state index contributed by atoms with van der Waals surface area (Å²) in [6.45, 7) is 0. The minimum atomic E-state index is -0.345. The molecule has 2 rings (SSSR count). The summed E-state index contributed by atoms with van der Waals surface area (Å²) in [6.07, 6.45) is 1.67. The van der Waals surface area contributed by atoms with Crippen LogP contribution in [0.3, 0.4) is 0 Å². The molecule has 1 aromatic carbocycles. The molecule has 1 atom stereocenters. The molecule has 19 heavy (non-hydrogen) atoms. The average Bonchev–Trinajstić information content (AvgIpc) is 2.72. The average molecular weight is 282 g/mol. The number of anilines is 1. The lowest BCUT2D eigenvalue weighted by Crippen LogP contribution is -2.29. The van der Waals surface area contributed by atoms with E-state index in [-0.39, 0.29) is 6.04 Å². The predicted octanol–water partition coefficient (Wildman–Crippen LogP) is 1.22. The molecule has 6 nitrogen and oxygen atoms in total. The zero-order chi connectivity index (χ0) is 14.0. The molecular formula is C12H16ClN5O. The van der Waals surface area contributed by atoms with Gasteiger partial charge >= 0.3 is 0 Å². The number of aromatic nitrogens is 2. The monoisotopic (exact) mass is 281 g/mol. The summed E-state index contributed by atoms with van der Waals surface area (Å²) < 4.78 is 6.91. The van der Waals surface area contributed by atoms with Gasteiger partial charge in [0, 0.05) is 23.2 Å². The van der Waals surface area contributed by atoms with Crippen LogP contribution in [0, 0.1) is 0 Å². The number of aryl methyl sites for hydroxylation is 1. The van der Waals surface area contributed by atoms with Gasteiger partial charge in [0.05, 0.1) is 19.3 Å². The number of benzene rings is 1. The Morgan fingerprint density at radius 1 is 1.42 bits per heavy atom. The maximum atomic E-state index is 6.03. The number of hydrogen-bond donors (Lipinski definition) is 3. The summed E-state index contributed by atoms with van der Waals surface area (Å²) in [6, 6.07) is 4.98. The Balaban J connectivity index is 2.53. The number of nitrogen functional groups attached to an aromatic ring is 1. The van der Waals surface area contributed by atoms with E-state index in [1.165, 1.54) is 0 Å². The van der Waals surface area contributed by atoms with Crippen LogP contribution >= 0.6 is 11.6 Å². The summed E-state index contributed by atoms with van der Waals surface area (Å²) in [5.74, 6) is 6.86. The van der Waals surface area contributed by atoms with E-state index in [0.717, 1.165) is 11.1 Å². The Kier molecular flexibility index (Phi) is 3.94. The highest BCUT2D eigenvalue weighted by Gasteiger charge is 2.21. The van der Waals surface area contributed by atoms with Gasteiger partial charge in [0.15, 0.2) is 0 Å². The fourth-order valence-corrected chi connectivity index (χ4v) is 2.14. The van der Waals surface area contributed by atoms with E-state index in [0.29, 0.717) is 16.6 Å². The number of methoxy groups -OCH3 is 1. The zero-order valence-corrected chi connectivity index (χ0v) is 11.5. The maximum Gasteiger partial charge on any atom is 0.126 e. The van der Waals surface area contributed by atoms with E-state index in [1.54, 1.807) is 43.2 Å². The van der Waals surface area contributed by atoms with Crippen LogP contribution < -0.4 is 21.7 Å². The standard InChI is InChI=1S/C12H16ClN5O/c1-18-12(14)9(6-16-18)11(17-15)8-5-7(13)3-4-10(8)19-2/h3-6,11,17H,14-15H2,1-2H3. The second-order valence-corrected chi connectivity index (χ2v) is 4.53. The van der Waals surface area contributed by atoms with Crippen molar-refractivity contribution in [3.05, 3.63) is 40.5 Å². The first kappa shape index (κ1) is 13.7. The van der Waals surface area contributed by atoms with E-state index >= 15 is 0 Å². The molecule has 0 bridgehead atoms. The molecule has 1 aromatic heterocycles. The van der Waals surface area contributed by atoms with Crippen LogP contribution in [-0.2, 0) is 7.05 Å². The van der Waals surface area contributed by atoms with Gasteiger partial charge in [-0.1, -0.05) is 11.6 Å². The molecule has 0 fully saturated rings. The first-order chi connectivity index (χ1) is 9.08. The van der Waals surface area contributed by atoms with Gasteiger partial charge < -0.3 is 10.5 Å². The van der Waals surface area contributed by atoms with E-state index in [9.17, 15) is 0 Å². The highest BCUT2D eigenvalue weighted by molar-refractivity contribution is 6.30. The van der Waals surface area contributed by atoms with Crippen LogP contribution in [0.2, 0.25) is 5.02 Å². The maximum absolute atomic E-state index is 6.03. The van der Waals surface area contributed by atoms with E-state index in [4.69, 9.17) is 27.9 Å². The van der Waals surface area contributed by atoms with Crippen molar-refractivity contribution in [2.75, 3.05) is 12.8 Å². The third kappa shape index (κ3) is 2.51. The van der Waals surface area contributed by atoms with Crippen LogP contribution in [0.1, 0.15) is 17.2 Å². The minimum absolute atomic E-state index is 0.345. The molecule has 102 valence electrons. The Morgan fingerprint density at radius 2 is 2.16 bits per heavy atom. The number of hydrazine groups is 1. The number of hydrogen-bond acceptors (Lipinski definition) is 5. The number of nitrogens with zero attached hydrogens (tertiary/aromatic N) is 2. The minimum Gasteiger partial charge on any atom is -0.496 e. The number of nitrogens with one attached hydrogen (secondary N) is 1. The summed E-state index contributed by atoms with van der Waals surface area (Å²) in [5.41, 5.74) is 10.3. The summed E-state index contributed by atoms with van der Waals surface area (Å²) in [7, 11) is 3.36. The van der Waals surface area contributed by atoms with Crippen molar-refractivity contribution in [2.24, 2.45) is 12.9 Å². The van der Waals surface area contributed by atoms with Gasteiger partial charge in [0.25, 0.3) is 0 Å². The lowest BCUT2D eigenvalue weighted by atomic mass is 10.0. The summed E-state index contributed by atoms with van der Waals surface area (Å²) in [4.78, 5) is 0. The molecule has 0 aliphatic heterocycles. The molecule has 5 N–H and O–H groups in total. The Hall–Kier alpha value is -1.76. The van der Waals surface area contributed by atoms with E-state index in [2.05, 4.69) is 10.5 Å². The SMILES string of the molecule is COc1ccc(Cl)cc1C(NN)c1cnn(C)c1N. The van der Waals surface area contributed by atoms with Crippen molar-refractivity contribution in [1.82, 2.24) is 15.2 Å². The second-order valence-electron chi connectivity index (χ2n) is 4.09. The third-order valence-electron chi connectivity index (χ3n) is 2.99. The fourth-order valence-electron chi connectivity index (χ4n) is 1.96. The molecule has 0 saturated carbocycles. The number of rotatable bonds is 4. The molecule has 0 radical (unpaired) electrons. The van der Waals surface area contributed by atoms with Crippen LogP contribution in [0.4, 0.5) is 5.82 Å². The summed E-state index contributed by atoms with van der Waals surface area (Å²) >= 11 is 6.03. The van der Waals surface area contributed by atoms with E-state index < -0.39 is 0 Å². The second kappa shape index (κ2) is 5.48. The number of halogens is 1. The van der Waals surface area contributed by atoms with Gasteiger partial charge in [0.1, 0.15) is 11.6 Å². The van der Waals surface area contributed by atoms with Crippen molar-refractivity contribution in [2.45, 2.75) is 6.04 Å². The molecule has 2 aromatic rings. The zero-order valence-electron chi connectivity index (χ0n) is 10.7. The Bertz CT molecular complexity index is 583. The van der Waals surface area contributed by atoms with Gasteiger partial charge in [-0.15, -0.1) is 0 Å². The number of ether oxygens (including phenoxy) is 1. The van der Waals surface area contributed by atoms with Crippen LogP contribution in [0.5, 0.6) is 5.75 Å². The Labute approximate surface area is 116 Å². The molecule has 1 heterocycles. The molecule has 1 unspecified atom stereocenters. The molecule has 0 aliphatic carbocycles. The fraction of sp³-hybridized carbons (Fsp3) is 0.250. The van der Waals surface area contributed by atoms with Gasteiger partial charge in [-0.3, -0.25) is 10.5 Å². The van der Waals surface area contributed by atoms with Crippen molar-refractivity contribution in [3.63, 3.8) is 0 Å². The first-order valence-corrected chi connectivity index (χ1v) is 6.03. The van der Waals surface area contributed by atoms with Crippen molar-refractivity contribution < 1.29 is 4.74 Å². The van der Waals surface area contributed by atoms with Crippen LogP contribution in [0.25, 0.3) is 0 Å². The predicted molar refractivity (Wildman–Crippen MR) is 74.8 cm³/mol. The third-order valence-corrected chi connectivity index (χ3v) is 3.23. The molecule has 7 heteroatoms. The topological polar surface area (TPSA) is 91.1 Å². The van der Waals surface area contributed by atoms with E-state index in [1.807, 2.05) is 0 Å². The first-order valence-electron chi connectivity index (χ1n) is 5.65. The van der Waals surface area contributed by atoms with Crippen molar-refractivity contribution >= 4 is 17.4 Å². The molecular weight excluding hydrogens is 266 g/mol.